The van der Waals surface area contributed by atoms with Crippen LogP contribution in [0.2, 0.25) is 0 Å². The number of fused-ring (bicyclic) bond motifs is 1. The highest BCUT2D eigenvalue weighted by molar-refractivity contribution is 6.06. The molecule has 0 bridgehead atoms. The third kappa shape index (κ3) is 3.56. The summed E-state index contributed by atoms with van der Waals surface area (Å²) in [6.45, 7) is 3.39. The fourth-order valence-electron chi connectivity index (χ4n) is 2.46. The molecule has 0 fully saturated rings. The van der Waals surface area contributed by atoms with Crippen molar-refractivity contribution in [2.75, 3.05) is 29.2 Å². The number of anilines is 3. The average molecular weight is 351 g/mol. The minimum absolute atomic E-state index is 0.0528. The first-order valence-electron chi connectivity index (χ1n) is 7.86. The molecular formula is C19H17N3O4. The molecule has 0 spiro atoms. The Kier molecular flexibility index (Phi) is 4.70. The van der Waals surface area contributed by atoms with E-state index in [-0.39, 0.29) is 24.3 Å². The van der Waals surface area contributed by atoms with Gasteiger partial charge in [-0.05, 0) is 42.5 Å². The van der Waals surface area contributed by atoms with Gasteiger partial charge in [0.05, 0.1) is 5.69 Å². The molecule has 26 heavy (non-hydrogen) atoms. The molecule has 7 heteroatoms. The molecule has 0 radical (unpaired) electrons. The minimum atomic E-state index is -0.297. The van der Waals surface area contributed by atoms with E-state index in [0.29, 0.717) is 28.4 Å². The van der Waals surface area contributed by atoms with Crippen molar-refractivity contribution in [3.8, 4) is 5.75 Å². The zero-order valence-corrected chi connectivity index (χ0v) is 14.1. The summed E-state index contributed by atoms with van der Waals surface area (Å²) >= 11 is 0. The molecule has 3 amide bonds. The lowest BCUT2D eigenvalue weighted by Gasteiger charge is -2.18. The molecule has 2 N–H and O–H groups in total. The van der Waals surface area contributed by atoms with Crippen LogP contribution < -0.4 is 20.3 Å². The summed E-state index contributed by atoms with van der Waals surface area (Å²) in [7, 11) is 1.63. The number of nitrogens with one attached hydrogen (secondary N) is 2. The number of rotatable bonds is 4. The number of carbonyl (C=O) groups is 3. The zero-order valence-electron chi connectivity index (χ0n) is 14.1. The summed E-state index contributed by atoms with van der Waals surface area (Å²) in [5.41, 5.74) is 2.22. The van der Waals surface area contributed by atoms with Gasteiger partial charge in [-0.3, -0.25) is 14.4 Å². The summed E-state index contributed by atoms with van der Waals surface area (Å²) in [5, 5.41) is 5.46. The molecule has 132 valence electrons. The third-order valence-electron chi connectivity index (χ3n) is 3.89. The van der Waals surface area contributed by atoms with Crippen LogP contribution in [-0.4, -0.2) is 31.4 Å². The molecule has 7 nitrogen and oxygen atoms in total. The molecule has 1 aliphatic rings. The van der Waals surface area contributed by atoms with Gasteiger partial charge in [-0.2, -0.15) is 0 Å². The minimum Gasteiger partial charge on any atom is -0.482 e. The molecule has 1 heterocycles. The molecule has 2 aromatic carbocycles. The van der Waals surface area contributed by atoms with Gasteiger partial charge in [0.1, 0.15) is 5.75 Å². The molecule has 0 aliphatic carbocycles. The van der Waals surface area contributed by atoms with E-state index in [1.54, 1.807) is 49.5 Å². The Bertz CT molecular complexity index is 890. The fraction of sp³-hybridized carbons (Fsp3) is 0.105. The molecule has 0 saturated carbocycles. The highest BCUT2D eigenvalue weighted by Crippen LogP contribution is 2.30. The van der Waals surface area contributed by atoms with Gasteiger partial charge in [-0.1, -0.05) is 6.58 Å². The maximum atomic E-state index is 12.4. The van der Waals surface area contributed by atoms with Gasteiger partial charge >= 0.3 is 0 Å². The second-order valence-corrected chi connectivity index (χ2v) is 5.65. The maximum Gasteiger partial charge on any atom is 0.262 e. The van der Waals surface area contributed by atoms with Crippen LogP contribution in [0.25, 0.3) is 0 Å². The number of carbonyl (C=O) groups excluding carboxylic acids is 3. The first kappa shape index (κ1) is 17.2. The van der Waals surface area contributed by atoms with Crippen molar-refractivity contribution in [3.05, 3.63) is 60.7 Å². The number of benzene rings is 2. The molecule has 0 atom stereocenters. The van der Waals surface area contributed by atoms with Gasteiger partial charge in [0.25, 0.3) is 11.8 Å². The summed E-state index contributed by atoms with van der Waals surface area (Å²) in [4.78, 5) is 36.7. The van der Waals surface area contributed by atoms with Crippen molar-refractivity contribution in [3.63, 3.8) is 0 Å². The van der Waals surface area contributed by atoms with E-state index in [2.05, 4.69) is 17.2 Å². The van der Waals surface area contributed by atoms with E-state index in [4.69, 9.17) is 4.74 Å². The second kappa shape index (κ2) is 7.10. The second-order valence-electron chi connectivity index (χ2n) is 5.65. The number of hydrogen-bond acceptors (Lipinski definition) is 4. The van der Waals surface area contributed by atoms with Crippen molar-refractivity contribution >= 4 is 34.8 Å². The van der Waals surface area contributed by atoms with Gasteiger partial charge in [-0.15, -0.1) is 0 Å². The van der Waals surface area contributed by atoms with Gasteiger partial charge < -0.3 is 20.3 Å². The van der Waals surface area contributed by atoms with Crippen molar-refractivity contribution in [1.29, 1.82) is 0 Å². The van der Waals surface area contributed by atoms with E-state index in [9.17, 15) is 14.4 Å². The van der Waals surface area contributed by atoms with Crippen LogP contribution in [0.15, 0.2) is 55.1 Å². The summed E-state index contributed by atoms with van der Waals surface area (Å²) in [5.74, 6) is -0.242. The van der Waals surface area contributed by atoms with Crippen LogP contribution in [-0.2, 0) is 9.59 Å². The number of hydrogen-bond donors (Lipinski definition) is 2. The Morgan fingerprint density at radius 3 is 2.65 bits per heavy atom. The molecular weight excluding hydrogens is 334 g/mol. The van der Waals surface area contributed by atoms with Crippen molar-refractivity contribution in [2.24, 2.45) is 0 Å². The SMILES string of the molecule is C=CC(=O)N(C)c1ccc(C(=O)Nc2ccc3c(c2)OCC(=O)N3)cc1. The maximum absolute atomic E-state index is 12.4. The van der Waals surface area contributed by atoms with Crippen LogP contribution in [0.1, 0.15) is 10.4 Å². The predicted octanol–water partition coefficient (Wildman–Crippen LogP) is 2.42. The van der Waals surface area contributed by atoms with Crippen molar-refractivity contribution in [1.82, 2.24) is 0 Å². The Morgan fingerprint density at radius 2 is 1.96 bits per heavy atom. The zero-order chi connectivity index (χ0) is 18.7. The normalized spacial score (nSPS) is 12.3. The monoisotopic (exact) mass is 351 g/mol. The van der Waals surface area contributed by atoms with Crippen molar-refractivity contribution in [2.45, 2.75) is 0 Å². The van der Waals surface area contributed by atoms with E-state index in [1.807, 2.05) is 0 Å². The van der Waals surface area contributed by atoms with Gasteiger partial charge in [0.2, 0.25) is 5.91 Å². The number of ether oxygens (including phenoxy) is 1. The van der Waals surface area contributed by atoms with E-state index in [1.165, 1.54) is 11.0 Å². The quantitative estimate of drug-likeness (QED) is 0.828. The van der Waals surface area contributed by atoms with Gasteiger partial charge in [0, 0.05) is 30.1 Å². The van der Waals surface area contributed by atoms with E-state index >= 15 is 0 Å². The highest BCUT2D eigenvalue weighted by atomic mass is 16.5. The summed E-state index contributed by atoms with van der Waals surface area (Å²) in [6.07, 6.45) is 1.22. The van der Waals surface area contributed by atoms with Crippen LogP contribution in [0.4, 0.5) is 17.1 Å². The van der Waals surface area contributed by atoms with Gasteiger partial charge in [0.15, 0.2) is 6.61 Å². The largest absolute Gasteiger partial charge is 0.482 e. The molecule has 0 saturated heterocycles. The molecule has 1 aliphatic heterocycles. The Hall–Kier alpha value is -3.61. The lowest BCUT2D eigenvalue weighted by atomic mass is 10.1. The van der Waals surface area contributed by atoms with Crippen LogP contribution in [0.3, 0.4) is 0 Å². The Labute approximate surface area is 150 Å². The van der Waals surface area contributed by atoms with E-state index < -0.39 is 0 Å². The summed E-state index contributed by atoms with van der Waals surface area (Å²) in [6, 6.07) is 11.6. The van der Waals surface area contributed by atoms with Crippen molar-refractivity contribution < 1.29 is 19.1 Å². The van der Waals surface area contributed by atoms with Gasteiger partial charge in [-0.25, -0.2) is 0 Å². The van der Waals surface area contributed by atoms with Crippen LogP contribution >= 0.6 is 0 Å². The molecule has 3 rings (SSSR count). The standard InChI is InChI=1S/C19H17N3O4/c1-3-18(24)22(2)14-7-4-12(5-8-14)19(25)20-13-6-9-15-16(10-13)26-11-17(23)21-15/h3-10H,1,11H2,2H3,(H,20,25)(H,21,23). The highest BCUT2D eigenvalue weighted by Gasteiger charge is 2.17. The molecule has 2 aromatic rings. The molecule has 0 aromatic heterocycles. The predicted molar refractivity (Wildman–Crippen MR) is 98.6 cm³/mol. The first-order chi connectivity index (χ1) is 12.5. The number of nitrogens with zero attached hydrogens (tertiary/aromatic N) is 1. The third-order valence-corrected chi connectivity index (χ3v) is 3.89. The number of amides is 3. The van der Waals surface area contributed by atoms with Crippen LogP contribution in [0.5, 0.6) is 5.75 Å². The first-order valence-corrected chi connectivity index (χ1v) is 7.86. The Morgan fingerprint density at radius 1 is 1.23 bits per heavy atom. The number of likely N-dealkylation sites (N-methyl/N-ethyl adjacent to an activating group) is 1. The topological polar surface area (TPSA) is 87.7 Å². The Balaban J connectivity index is 1.71. The van der Waals surface area contributed by atoms with E-state index in [0.717, 1.165) is 0 Å². The summed E-state index contributed by atoms with van der Waals surface area (Å²) < 4.78 is 5.33. The van der Waals surface area contributed by atoms with Crippen LogP contribution in [0, 0.1) is 0 Å². The molecule has 0 unspecified atom stereocenters. The smallest absolute Gasteiger partial charge is 0.262 e. The average Bonchev–Trinajstić information content (AvgIpc) is 2.67. The lowest BCUT2D eigenvalue weighted by molar-refractivity contribution is -0.118. The lowest BCUT2D eigenvalue weighted by Crippen LogP contribution is -2.25. The fourth-order valence-corrected chi connectivity index (χ4v) is 2.46.